The van der Waals surface area contributed by atoms with E-state index >= 15 is 0 Å². The molecule has 0 spiro atoms. The Morgan fingerprint density at radius 1 is 1.33 bits per heavy atom. The van der Waals surface area contributed by atoms with Crippen LogP contribution in [-0.2, 0) is 6.42 Å². The zero-order valence-electron chi connectivity index (χ0n) is 11.6. The number of nitrogens with zero attached hydrogens (tertiary/aromatic N) is 4. The van der Waals surface area contributed by atoms with Gasteiger partial charge in [-0.05, 0) is 6.07 Å². The minimum atomic E-state index is 0.0269. The topological polar surface area (TPSA) is 89.3 Å². The number of rotatable bonds is 3. The summed E-state index contributed by atoms with van der Waals surface area (Å²) in [6.45, 7) is 2.03. The summed E-state index contributed by atoms with van der Waals surface area (Å²) in [5.74, 6) is 0.928. The quantitative estimate of drug-likeness (QED) is 0.333. The first-order chi connectivity index (χ1) is 10.3. The number of nitrogens with two attached hydrogens (primary N) is 1. The molecule has 0 radical (unpaired) electrons. The summed E-state index contributed by atoms with van der Waals surface area (Å²) in [7, 11) is 0. The van der Waals surface area contributed by atoms with Crippen molar-refractivity contribution in [1.29, 1.82) is 0 Å². The van der Waals surface area contributed by atoms with Crippen molar-refractivity contribution in [3.63, 3.8) is 0 Å². The number of benzene rings is 1. The Balaban J connectivity index is 2.41. The van der Waals surface area contributed by atoms with Gasteiger partial charge in [-0.1, -0.05) is 30.3 Å². The van der Waals surface area contributed by atoms with Crippen molar-refractivity contribution < 1.29 is 5.21 Å². The summed E-state index contributed by atoms with van der Waals surface area (Å²) >= 11 is 0. The summed E-state index contributed by atoms with van der Waals surface area (Å²) in [5.41, 5.74) is 8.05. The van der Waals surface area contributed by atoms with Crippen LogP contribution in [-0.4, -0.2) is 25.6 Å². The van der Waals surface area contributed by atoms with Crippen LogP contribution >= 0.6 is 0 Å². The van der Waals surface area contributed by atoms with Crippen molar-refractivity contribution in [3.05, 3.63) is 54.2 Å². The van der Waals surface area contributed by atoms with E-state index in [1.807, 2.05) is 42.0 Å². The second kappa shape index (κ2) is 5.24. The van der Waals surface area contributed by atoms with E-state index in [4.69, 9.17) is 10.9 Å². The molecule has 106 valence electrons. The number of aryl methyl sites for hydroxylation is 1. The Morgan fingerprint density at radius 3 is 2.90 bits per heavy atom. The molecule has 0 aliphatic heterocycles. The van der Waals surface area contributed by atoms with Gasteiger partial charge in [0.05, 0.1) is 16.8 Å². The van der Waals surface area contributed by atoms with Gasteiger partial charge in [-0.2, -0.15) is 0 Å². The third kappa shape index (κ3) is 2.10. The lowest BCUT2D eigenvalue weighted by Crippen LogP contribution is -2.17. The van der Waals surface area contributed by atoms with Gasteiger partial charge in [-0.3, -0.25) is 4.98 Å². The van der Waals surface area contributed by atoms with Crippen LogP contribution in [0.5, 0.6) is 0 Å². The summed E-state index contributed by atoms with van der Waals surface area (Å²) in [6, 6.07) is 7.76. The molecule has 0 unspecified atom stereocenters. The molecule has 6 nitrogen and oxygen atoms in total. The fraction of sp³-hybridized carbons (Fsp3) is 0.133. The molecule has 0 fully saturated rings. The predicted octanol–water partition coefficient (Wildman–Crippen LogP) is 2.08. The number of hydrogen-bond donors (Lipinski definition) is 2. The van der Waals surface area contributed by atoms with Crippen LogP contribution in [0.25, 0.3) is 16.6 Å². The summed E-state index contributed by atoms with van der Waals surface area (Å²) in [4.78, 5) is 8.71. The van der Waals surface area contributed by atoms with Crippen molar-refractivity contribution >= 4 is 16.7 Å². The predicted molar refractivity (Wildman–Crippen MR) is 80.8 cm³/mol. The molecule has 0 aliphatic carbocycles. The Labute approximate surface area is 121 Å². The maximum Gasteiger partial charge on any atom is 0.173 e. The highest BCUT2D eigenvalue weighted by molar-refractivity contribution is 6.05. The molecular weight excluding hydrogens is 266 g/mol. The Morgan fingerprint density at radius 2 is 2.14 bits per heavy atom. The summed E-state index contributed by atoms with van der Waals surface area (Å²) in [5, 5.41) is 13.1. The third-order valence-electron chi connectivity index (χ3n) is 3.41. The maximum absolute atomic E-state index is 9.02. The van der Waals surface area contributed by atoms with Gasteiger partial charge in [-0.15, -0.1) is 0 Å². The van der Waals surface area contributed by atoms with Gasteiger partial charge in [0.25, 0.3) is 0 Å². The number of oxime groups is 1. The number of imidazole rings is 1. The standard InChI is InChI=1S/C15H15N5O/c1-2-13-17-7-8-20(13)14-10-5-3-4-6-12(10)18-9-11(14)15(16)19-21/h3-9,21H,2H2,1H3,(H2,16,19). The van der Waals surface area contributed by atoms with Crippen LogP contribution in [0, 0.1) is 0 Å². The minimum Gasteiger partial charge on any atom is -0.409 e. The van der Waals surface area contributed by atoms with Crippen LogP contribution in [0.2, 0.25) is 0 Å². The van der Waals surface area contributed by atoms with Gasteiger partial charge in [0.15, 0.2) is 5.84 Å². The second-order valence-electron chi connectivity index (χ2n) is 4.59. The lowest BCUT2D eigenvalue weighted by Gasteiger charge is -2.14. The molecule has 0 saturated carbocycles. The number of hydrogen-bond acceptors (Lipinski definition) is 4. The number of pyridine rings is 1. The Kier molecular flexibility index (Phi) is 3.27. The molecule has 0 bridgehead atoms. The molecule has 21 heavy (non-hydrogen) atoms. The number of aromatic nitrogens is 3. The SMILES string of the molecule is CCc1nccn1-c1c(C(N)=NO)cnc2ccccc12. The van der Waals surface area contributed by atoms with Crippen LogP contribution in [0.4, 0.5) is 0 Å². The molecule has 0 atom stereocenters. The fourth-order valence-electron chi connectivity index (χ4n) is 2.43. The Bertz CT molecular complexity index is 822. The third-order valence-corrected chi connectivity index (χ3v) is 3.41. The van der Waals surface area contributed by atoms with E-state index in [0.717, 1.165) is 28.8 Å². The van der Waals surface area contributed by atoms with Gasteiger partial charge < -0.3 is 15.5 Å². The van der Waals surface area contributed by atoms with Crippen LogP contribution < -0.4 is 5.73 Å². The highest BCUT2D eigenvalue weighted by Gasteiger charge is 2.16. The molecule has 3 rings (SSSR count). The van der Waals surface area contributed by atoms with Gasteiger partial charge in [0.1, 0.15) is 5.82 Å². The average Bonchev–Trinajstić information content (AvgIpc) is 3.01. The largest absolute Gasteiger partial charge is 0.409 e. The van der Waals surface area contributed by atoms with Crippen LogP contribution in [0.1, 0.15) is 18.3 Å². The van der Waals surface area contributed by atoms with E-state index in [1.54, 1.807) is 12.4 Å². The molecule has 0 aliphatic rings. The second-order valence-corrected chi connectivity index (χ2v) is 4.59. The first kappa shape index (κ1) is 13.1. The van der Waals surface area contributed by atoms with Crippen molar-refractivity contribution in [2.75, 3.05) is 0 Å². The van der Waals surface area contributed by atoms with E-state index < -0.39 is 0 Å². The molecule has 2 aromatic heterocycles. The molecule has 6 heteroatoms. The first-order valence-corrected chi connectivity index (χ1v) is 6.64. The van der Waals surface area contributed by atoms with Crippen molar-refractivity contribution in [2.45, 2.75) is 13.3 Å². The molecular formula is C15H15N5O. The van der Waals surface area contributed by atoms with E-state index in [-0.39, 0.29) is 5.84 Å². The lowest BCUT2D eigenvalue weighted by molar-refractivity contribution is 0.318. The zero-order valence-corrected chi connectivity index (χ0v) is 11.6. The number of para-hydroxylation sites is 1. The van der Waals surface area contributed by atoms with Gasteiger partial charge in [-0.25, -0.2) is 4.98 Å². The van der Waals surface area contributed by atoms with Crippen LogP contribution in [0.15, 0.2) is 48.0 Å². The first-order valence-electron chi connectivity index (χ1n) is 6.64. The molecule has 0 amide bonds. The average molecular weight is 281 g/mol. The zero-order chi connectivity index (χ0) is 14.8. The van der Waals surface area contributed by atoms with Crippen LogP contribution in [0.3, 0.4) is 0 Å². The smallest absolute Gasteiger partial charge is 0.173 e. The number of fused-ring (bicyclic) bond motifs is 1. The van der Waals surface area contributed by atoms with Crippen molar-refractivity contribution in [1.82, 2.24) is 14.5 Å². The van der Waals surface area contributed by atoms with E-state index in [2.05, 4.69) is 15.1 Å². The highest BCUT2D eigenvalue weighted by atomic mass is 16.4. The monoisotopic (exact) mass is 281 g/mol. The van der Waals surface area contributed by atoms with Gasteiger partial charge >= 0.3 is 0 Å². The van der Waals surface area contributed by atoms with Gasteiger partial charge in [0, 0.05) is 30.4 Å². The molecule has 3 aromatic rings. The summed E-state index contributed by atoms with van der Waals surface area (Å²) in [6.07, 6.45) is 6.00. The molecule has 0 saturated heterocycles. The Hall–Kier alpha value is -2.89. The molecule has 2 heterocycles. The minimum absolute atomic E-state index is 0.0269. The fourth-order valence-corrected chi connectivity index (χ4v) is 2.43. The number of amidine groups is 1. The summed E-state index contributed by atoms with van der Waals surface area (Å²) < 4.78 is 1.96. The molecule has 1 aromatic carbocycles. The van der Waals surface area contributed by atoms with E-state index in [0.29, 0.717) is 5.56 Å². The highest BCUT2D eigenvalue weighted by Crippen LogP contribution is 2.25. The van der Waals surface area contributed by atoms with Crippen molar-refractivity contribution in [3.8, 4) is 5.69 Å². The van der Waals surface area contributed by atoms with E-state index in [9.17, 15) is 0 Å². The molecule has 3 N–H and O–H groups in total. The maximum atomic E-state index is 9.02. The normalized spacial score (nSPS) is 12.0. The lowest BCUT2D eigenvalue weighted by atomic mass is 10.1. The van der Waals surface area contributed by atoms with E-state index in [1.165, 1.54) is 0 Å². The van der Waals surface area contributed by atoms with Crippen molar-refractivity contribution in [2.24, 2.45) is 10.9 Å². The van der Waals surface area contributed by atoms with Gasteiger partial charge in [0.2, 0.25) is 0 Å².